The van der Waals surface area contributed by atoms with Gasteiger partial charge in [-0.2, -0.15) is 4.98 Å². The van der Waals surface area contributed by atoms with Crippen LogP contribution < -0.4 is 10.1 Å². The molecule has 1 rings (SSSR count). The summed E-state index contributed by atoms with van der Waals surface area (Å²) in [5.41, 5.74) is -0.0680. The Morgan fingerprint density at radius 3 is 2.62 bits per heavy atom. The summed E-state index contributed by atoms with van der Waals surface area (Å²) in [5.74, 6) is 0.559. The molecule has 6 nitrogen and oxygen atoms in total. The van der Waals surface area contributed by atoms with Crippen LogP contribution in [0.3, 0.4) is 0 Å². The molecule has 0 amide bonds. The van der Waals surface area contributed by atoms with Crippen molar-refractivity contribution in [3.8, 4) is 5.88 Å². The van der Waals surface area contributed by atoms with Gasteiger partial charge in [0.2, 0.25) is 11.8 Å². The topological polar surface area (TPSA) is 73.3 Å². The zero-order chi connectivity index (χ0) is 15.9. The highest BCUT2D eigenvalue weighted by Gasteiger charge is 2.34. The summed E-state index contributed by atoms with van der Waals surface area (Å²) in [6.45, 7) is 8.29. The fourth-order valence-corrected chi connectivity index (χ4v) is 2.06. The monoisotopic (exact) mass is 295 g/mol. The summed E-state index contributed by atoms with van der Waals surface area (Å²) in [7, 11) is 1.38. The minimum atomic E-state index is -0.848. The summed E-state index contributed by atoms with van der Waals surface area (Å²) in [6, 6.07) is 1.77. The molecule has 21 heavy (non-hydrogen) atoms. The Labute approximate surface area is 126 Å². The van der Waals surface area contributed by atoms with Gasteiger partial charge in [0.1, 0.15) is 5.54 Å². The Morgan fingerprint density at radius 1 is 1.33 bits per heavy atom. The average molecular weight is 295 g/mol. The molecule has 1 unspecified atom stereocenters. The van der Waals surface area contributed by atoms with E-state index < -0.39 is 5.54 Å². The molecule has 1 N–H and O–H groups in total. The highest BCUT2D eigenvalue weighted by molar-refractivity contribution is 5.83. The van der Waals surface area contributed by atoms with Crippen LogP contribution >= 0.6 is 0 Å². The van der Waals surface area contributed by atoms with E-state index in [4.69, 9.17) is 9.47 Å². The smallest absolute Gasteiger partial charge is 0.331 e. The number of carbonyl (C=O) groups is 1. The van der Waals surface area contributed by atoms with E-state index >= 15 is 0 Å². The first kappa shape index (κ1) is 17.2. The number of hydrogen-bond donors (Lipinski definition) is 1. The van der Waals surface area contributed by atoms with Gasteiger partial charge in [0.05, 0.1) is 13.7 Å². The first-order valence-corrected chi connectivity index (χ1v) is 7.30. The van der Waals surface area contributed by atoms with Gasteiger partial charge in [-0.3, -0.25) is 0 Å². The molecule has 6 heteroatoms. The normalized spacial score (nSPS) is 13.4. The second kappa shape index (κ2) is 7.81. The second-order valence-corrected chi connectivity index (χ2v) is 5.22. The Morgan fingerprint density at radius 2 is 2.05 bits per heavy atom. The van der Waals surface area contributed by atoms with Crippen LogP contribution in [0.2, 0.25) is 0 Å². The van der Waals surface area contributed by atoms with Crippen LogP contribution in [-0.4, -0.2) is 35.2 Å². The van der Waals surface area contributed by atoms with Gasteiger partial charge >= 0.3 is 5.97 Å². The number of nitrogens with zero attached hydrogens (tertiary/aromatic N) is 2. The van der Waals surface area contributed by atoms with Crippen LogP contribution in [-0.2, 0) is 9.53 Å². The summed E-state index contributed by atoms with van der Waals surface area (Å²) >= 11 is 0. The molecular weight excluding hydrogens is 270 g/mol. The maximum Gasteiger partial charge on any atom is 0.331 e. The fraction of sp³-hybridized carbons (Fsp3) is 0.667. The molecule has 1 aromatic heterocycles. The number of aromatic nitrogens is 2. The largest absolute Gasteiger partial charge is 0.478 e. The molecule has 0 aromatic carbocycles. The molecule has 1 heterocycles. The molecule has 0 spiro atoms. The van der Waals surface area contributed by atoms with E-state index in [0.717, 1.165) is 18.5 Å². The van der Waals surface area contributed by atoms with Crippen LogP contribution in [0.1, 0.15) is 45.7 Å². The number of ether oxygens (including phenoxy) is 2. The highest BCUT2D eigenvalue weighted by atomic mass is 16.5. The van der Waals surface area contributed by atoms with E-state index in [-0.39, 0.29) is 5.97 Å². The molecule has 1 atom stereocenters. The number of anilines is 1. The summed E-state index contributed by atoms with van der Waals surface area (Å²) in [4.78, 5) is 20.6. The molecule has 0 fully saturated rings. The van der Waals surface area contributed by atoms with E-state index in [0.29, 0.717) is 24.9 Å². The molecule has 0 aliphatic carbocycles. The molecule has 118 valence electrons. The number of hydrogen-bond acceptors (Lipinski definition) is 6. The van der Waals surface area contributed by atoms with Crippen LogP contribution in [0.5, 0.6) is 5.88 Å². The zero-order valence-electron chi connectivity index (χ0n) is 13.5. The first-order chi connectivity index (χ1) is 9.95. The van der Waals surface area contributed by atoms with Gasteiger partial charge in [-0.15, -0.1) is 0 Å². The quantitative estimate of drug-likeness (QED) is 0.743. The predicted octanol–water partition coefficient (Wildman–Crippen LogP) is 2.72. The Balaban J connectivity index is 2.97. The molecule has 0 radical (unpaired) electrons. The standard InChI is InChI=1S/C15H25N3O3/c1-6-8-15(4,13(19)20-5)18-14-16-11(3)10-12(17-14)21-9-7-2/h10H,6-9H2,1-5H3,(H,16,17,18). The third-order valence-corrected chi connectivity index (χ3v) is 3.06. The maximum atomic E-state index is 12.0. The van der Waals surface area contributed by atoms with Crippen molar-refractivity contribution in [3.05, 3.63) is 11.8 Å². The van der Waals surface area contributed by atoms with E-state index in [1.54, 1.807) is 13.0 Å². The number of nitrogens with one attached hydrogen (secondary N) is 1. The lowest BCUT2D eigenvalue weighted by molar-refractivity contribution is -0.145. The van der Waals surface area contributed by atoms with Gasteiger partial charge in [-0.1, -0.05) is 20.3 Å². The van der Waals surface area contributed by atoms with Crippen LogP contribution in [0, 0.1) is 6.92 Å². The van der Waals surface area contributed by atoms with E-state index in [9.17, 15) is 4.79 Å². The molecular formula is C15H25N3O3. The number of aryl methyl sites for hydroxylation is 1. The Bertz CT molecular complexity index is 479. The third-order valence-electron chi connectivity index (χ3n) is 3.06. The van der Waals surface area contributed by atoms with Crippen molar-refractivity contribution in [3.63, 3.8) is 0 Å². The number of rotatable bonds is 8. The molecule has 0 aliphatic heterocycles. The average Bonchev–Trinajstić information content (AvgIpc) is 2.43. The predicted molar refractivity (Wildman–Crippen MR) is 81.5 cm³/mol. The van der Waals surface area contributed by atoms with E-state index in [1.165, 1.54) is 7.11 Å². The lowest BCUT2D eigenvalue weighted by Crippen LogP contribution is -2.44. The van der Waals surface area contributed by atoms with Crippen molar-refractivity contribution in [2.24, 2.45) is 0 Å². The van der Waals surface area contributed by atoms with Gasteiger partial charge in [-0.05, 0) is 26.7 Å². The van der Waals surface area contributed by atoms with Crippen molar-refractivity contribution < 1.29 is 14.3 Å². The third kappa shape index (κ3) is 4.88. The Hall–Kier alpha value is -1.85. The van der Waals surface area contributed by atoms with Gasteiger partial charge in [0.15, 0.2) is 0 Å². The second-order valence-electron chi connectivity index (χ2n) is 5.22. The van der Waals surface area contributed by atoms with E-state index in [2.05, 4.69) is 15.3 Å². The molecule has 0 saturated carbocycles. The lowest BCUT2D eigenvalue weighted by Gasteiger charge is -2.27. The van der Waals surface area contributed by atoms with Crippen LogP contribution in [0.15, 0.2) is 6.07 Å². The van der Waals surface area contributed by atoms with Crippen LogP contribution in [0.25, 0.3) is 0 Å². The van der Waals surface area contributed by atoms with Crippen LogP contribution in [0.4, 0.5) is 5.95 Å². The highest BCUT2D eigenvalue weighted by Crippen LogP contribution is 2.21. The summed E-state index contributed by atoms with van der Waals surface area (Å²) in [5, 5.41) is 3.09. The van der Waals surface area contributed by atoms with Gasteiger partial charge in [0.25, 0.3) is 0 Å². The maximum absolute atomic E-state index is 12.0. The summed E-state index contributed by atoms with van der Waals surface area (Å²) in [6.07, 6.45) is 2.37. The minimum Gasteiger partial charge on any atom is -0.478 e. The SMILES string of the molecule is CCCOc1cc(C)nc(NC(C)(CCC)C(=O)OC)n1. The van der Waals surface area contributed by atoms with Gasteiger partial charge < -0.3 is 14.8 Å². The molecule has 1 aromatic rings. The van der Waals surface area contributed by atoms with Crippen molar-refractivity contribution in [1.82, 2.24) is 9.97 Å². The molecule has 0 aliphatic rings. The fourth-order valence-electron chi connectivity index (χ4n) is 2.06. The molecule has 0 bridgehead atoms. The van der Waals surface area contributed by atoms with Crippen molar-refractivity contribution >= 4 is 11.9 Å². The zero-order valence-corrected chi connectivity index (χ0v) is 13.5. The van der Waals surface area contributed by atoms with Gasteiger partial charge in [0, 0.05) is 11.8 Å². The first-order valence-electron chi connectivity index (χ1n) is 7.30. The summed E-state index contributed by atoms with van der Waals surface area (Å²) < 4.78 is 10.4. The van der Waals surface area contributed by atoms with Crippen molar-refractivity contribution in [2.75, 3.05) is 19.0 Å². The van der Waals surface area contributed by atoms with Gasteiger partial charge in [-0.25, -0.2) is 9.78 Å². The van der Waals surface area contributed by atoms with E-state index in [1.807, 2.05) is 20.8 Å². The minimum absolute atomic E-state index is 0.328. The number of esters is 1. The Kier molecular flexibility index (Phi) is 6.39. The number of methoxy groups -OCH3 is 1. The lowest BCUT2D eigenvalue weighted by atomic mass is 9.96. The van der Waals surface area contributed by atoms with Crippen molar-refractivity contribution in [2.45, 2.75) is 52.5 Å². The number of carbonyl (C=O) groups excluding carboxylic acids is 1. The molecule has 0 saturated heterocycles. The van der Waals surface area contributed by atoms with Crippen molar-refractivity contribution in [1.29, 1.82) is 0 Å².